The predicted molar refractivity (Wildman–Crippen MR) is 85.0 cm³/mol. The van der Waals surface area contributed by atoms with Gasteiger partial charge in [-0.05, 0) is 92.7 Å². The third kappa shape index (κ3) is 2.06. The Morgan fingerprint density at radius 3 is 2.20 bits per heavy atom. The second kappa shape index (κ2) is 4.51. The van der Waals surface area contributed by atoms with Crippen LogP contribution < -0.4 is 5.32 Å². The molecule has 4 fully saturated rings. The van der Waals surface area contributed by atoms with Gasteiger partial charge in [-0.2, -0.15) is 0 Å². The first-order valence-corrected chi connectivity index (χ1v) is 8.44. The van der Waals surface area contributed by atoms with E-state index in [-0.39, 0.29) is 0 Å². The van der Waals surface area contributed by atoms with Crippen molar-refractivity contribution in [1.29, 1.82) is 0 Å². The lowest BCUT2D eigenvalue weighted by molar-refractivity contribution is -0.0444. The molecule has 4 aliphatic rings. The SMILES string of the molecule is Cc1cccc(NCC23CC4CC(CC(C4)C2)C3)c1C. The van der Waals surface area contributed by atoms with Gasteiger partial charge in [-0.1, -0.05) is 12.1 Å². The molecule has 0 unspecified atom stereocenters. The van der Waals surface area contributed by atoms with Crippen molar-refractivity contribution in [3.8, 4) is 0 Å². The van der Waals surface area contributed by atoms with Gasteiger partial charge in [-0.25, -0.2) is 0 Å². The highest BCUT2D eigenvalue weighted by Gasteiger charge is 2.50. The molecule has 5 rings (SSSR count). The van der Waals surface area contributed by atoms with Crippen LogP contribution in [0.2, 0.25) is 0 Å². The Labute approximate surface area is 123 Å². The fraction of sp³-hybridized carbons (Fsp3) is 0.684. The Kier molecular flexibility index (Phi) is 2.87. The van der Waals surface area contributed by atoms with Crippen LogP contribution in [0.25, 0.3) is 0 Å². The van der Waals surface area contributed by atoms with Gasteiger partial charge in [-0.15, -0.1) is 0 Å². The molecule has 0 radical (unpaired) electrons. The minimum atomic E-state index is 0.630. The topological polar surface area (TPSA) is 12.0 Å². The van der Waals surface area contributed by atoms with E-state index < -0.39 is 0 Å². The van der Waals surface area contributed by atoms with Crippen molar-refractivity contribution in [3.63, 3.8) is 0 Å². The van der Waals surface area contributed by atoms with Gasteiger partial charge in [0.1, 0.15) is 0 Å². The smallest absolute Gasteiger partial charge is 0.0372 e. The lowest BCUT2D eigenvalue weighted by Crippen LogP contribution is -2.49. The van der Waals surface area contributed by atoms with Crippen LogP contribution in [0.1, 0.15) is 49.7 Å². The van der Waals surface area contributed by atoms with Gasteiger partial charge in [0.25, 0.3) is 0 Å². The van der Waals surface area contributed by atoms with E-state index in [9.17, 15) is 0 Å². The first kappa shape index (κ1) is 12.7. The molecule has 4 aliphatic carbocycles. The van der Waals surface area contributed by atoms with Gasteiger partial charge in [0.15, 0.2) is 0 Å². The Morgan fingerprint density at radius 2 is 1.60 bits per heavy atom. The van der Waals surface area contributed by atoms with E-state index in [0.29, 0.717) is 5.41 Å². The molecule has 4 bridgehead atoms. The van der Waals surface area contributed by atoms with Gasteiger partial charge in [-0.3, -0.25) is 0 Å². The molecule has 0 spiro atoms. The van der Waals surface area contributed by atoms with Gasteiger partial charge in [0.05, 0.1) is 0 Å². The molecule has 0 amide bonds. The zero-order chi connectivity index (χ0) is 13.7. The summed E-state index contributed by atoms with van der Waals surface area (Å²) in [6.45, 7) is 5.67. The quantitative estimate of drug-likeness (QED) is 0.820. The standard InChI is InChI=1S/C19H27N/c1-13-4-3-5-18(14(13)2)20-12-19-9-15-6-16(10-19)8-17(7-15)11-19/h3-5,15-17,20H,6-12H2,1-2H3. The van der Waals surface area contributed by atoms with Crippen LogP contribution in [-0.4, -0.2) is 6.54 Å². The second-order valence-electron chi connectivity index (χ2n) is 8.02. The minimum absolute atomic E-state index is 0.630. The summed E-state index contributed by atoms with van der Waals surface area (Å²) in [7, 11) is 0. The van der Waals surface area contributed by atoms with Crippen molar-refractivity contribution in [3.05, 3.63) is 29.3 Å². The summed E-state index contributed by atoms with van der Waals surface area (Å²) < 4.78 is 0. The number of hydrogen-bond donors (Lipinski definition) is 1. The average molecular weight is 269 g/mol. The van der Waals surface area contributed by atoms with E-state index in [1.807, 2.05) is 0 Å². The molecular weight excluding hydrogens is 242 g/mol. The average Bonchev–Trinajstić information content (AvgIpc) is 2.39. The van der Waals surface area contributed by atoms with Crippen molar-refractivity contribution in [2.45, 2.75) is 52.4 Å². The monoisotopic (exact) mass is 269 g/mol. The Morgan fingerprint density at radius 1 is 1.00 bits per heavy atom. The fourth-order valence-corrected chi connectivity index (χ4v) is 5.73. The van der Waals surface area contributed by atoms with Crippen molar-refractivity contribution in [2.24, 2.45) is 23.2 Å². The number of hydrogen-bond acceptors (Lipinski definition) is 1. The van der Waals surface area contributed by atoms with Crippen LogP contribution in [0.5, 0.6) is 0 Å². The zero-order valence-electron chi connectivity index (χ0n) is 12.9. The lowest BCUT2D eigenvalue weighted by atomic mass is 9.49. The molecule has 0 saturated heterocycles. The first-order valence-electron chi connectivity index (χ1n) is 8.44. The van der Waals surface area contributed by atoms with Crippen molar-refractivity contribution < 1.29 is 0 Å². The molecule has 108 valence electrons. The molecule has 1 aromatic rings. The molecule has 4 saturated carbocycles. The van der Waals surface area contributed by atoms with Gasteiger partial charge in [0.2, 0.25) is 0 Å². The van der Waals surface area contributed by atoms with E-state index >= 15 is 0 Å². The molecule has 1 N–H and O–H groups in total. The summed E-state index contributed by atoms with van der Waals surface area (Å²) >= 11 is 0. The van der Waals surface area contributed by atoms with E-state index in [1.54, 1.807) is 19.3 Å². The molecule has 0 aromatic heterocycles. The van der Waals surface area contributed by atoms with Gasteiger partial charge >= 0.3 is 0 Å². The van der Waals surface area contributed by atoms with Crippen molar-refractivity contribution in [1.82, 2.24) is 0 Å². The lowest BCUT2D eigenvalue weighted by Gasteiger charge is -2.57. The van der Waals surface area contributed by atoms with Crippen LogP contribution in [0.3, 0.4) is 0 Å². The number of benzene rings is 1. The maximum Gasteiger partial charge on any atom is 0.0372 e. The summed E-state index contributed by atoms with van der Waals surface area (Å²) in [5.41, 5.74) is 4.82. The number of anilines is 1. The second-order valence-corrected chi connectivity index (χ2v) is 8.02. The number of nitrogens with one attached hydrogen (secondary N) is 1. The van der Waals surface area contributed by atoms with Crippen molar-refractivity contribution >= 4 is 5.69 Å². The maximum absolute atomic E-state index is 3.81. The third-order valence-corrected chi connectivity index (χ3v) is 6.42. The van der Waals surface area contributed by atoms with Crippen LogP contribution in [0.4, 0.5) is 5.69 Å². The van der Waals surface area contributed by atoms with Crippen LogP contribution in [0, 0.1) is 37.0 Å². The molecule has 0 aliphatic heterocycles. The number of aryl methyl sites for hydroxylation is 1. The highest BCUT2D eigenvalue weighted by Crippen LogP contribution is 2.59. The summed E-state index contributed by atoms with van der Waals surface area (Å²) in [6.07, 6.45) is 9.12. The van der Waals surface area contributed by atoms with Crippen LogP contribution >= 0.6 is 0 Å². The summed E-state index contributed by atoms with van der Waals surface area (Å²) in [5, 5.41) is 3.81. The molecule has 0 heterocycles. The minimum Gasteiger partial charge on any atom is -0.384 e. The molecule has 0 atom stereocenters. The van der Waals surface area contributed by atoms with E-state index in [1.165, 1.54) is 42.6 Å². The van der Waals surface area contributed by atoms with Gasteiger partial charge in [0, 0.05) is 12.2 Å². The predicted octanol–water partition coefficient (Wildman–Crippen LogP) is 4.93. The van der Waals surface area contributed by atoms with Crippen LogP contribution in [0.15, 0.2) is 18.2 Å². The molecule has 20 heavy (non-hydrogen) atoms. The summed E-state index contributed by atoms with van der Waals surface area (Å²) in [6, 6.07) is 6.65. The molecule has 1 heteroatoms. The van der Waals surface area contributed by atoms with Crippen molar-refractivity contribution in [2.75, 3.05) is 11.9 Å². The molecule has 1 aromatic carbocycles. The van der Waals surface area contributed by atoms with E-state index in [4.69, 9.17) is 0 Å². The Balaban J connectivity index is 1.50. The first-order chi connectivity index (χ1) is 9.63. The number of rotatable bonds is 3. The zero-order valence-corrected chi connectivity index (χ0v) is 12.9. The highest BCUT2D eigenvalue weighted by molar-refractivity contribution is 5.53. The summed E-state index contributed by atoms with van der Waals surface area (Å²) in [4.78, 5) is 0. The van der Waals surface area contributed by atoms with Gasteiger partial charge < -0.3 is 5.32 Å². The maximum atomic E-state index is 3.81. The van der Waals surface area contributed by atoms with E-state index in [0.717, 1.165) is 17.8 Å². The largest absolute Gasteiger partial charge is 0.384 e. The van der Waals surface area contributed by atoms with Crippen LogP contribution in [-0.2, 0) is 0 Å². The Hall–Kier alpha value is -0.980. The van der Waals surface area contributed by atoms with E-state index in [2.05, 4.69) is 37.4 Å². The third-order valence-electron chi connectivity index (χ3n) is 6.42. The normalized spacial score (nSPS) is 38.2. The fourth-order valence-electron chi connectivity index (χ4n) is 5.73. The highest BCUT2D eigenvalue weighted by atomic mass is 14.9. The Bertz CT molecular complexity index is 481. The summed E-state index contributed by atoms with van der Waals surface area (Å²) in [5.74, 6) is 3.17. The molecular formula is C19H27N. The molecule has 1 nitrogen and oxygen atoms in total.